The lowest BCUT2D eigenvalue weighted by atomic mass is 9.94. The van der Waals surface area contributed by atoms with E-state index in [0.717, 1.165) is 6.07 Å². The van der Waals surface area contributed by atoms with Crippen LogP contribution in [0, 0.1) is 6.92 Å². The lowest BCUT2D eigenvalue weighted by Gasteiger charge is -2.36. The van der Waals surface area contributed by atoms with E-state index < -0.39 is 24.0 Å². The number of aryl methyl sites for hydroxylation is 1. The summed E-state index contributed by atoms with van der Waals surface area (Å²) in [6.45, 7) is 2.21. The number of anilines is 1. The molecule has 6 rings (SSSR count). The van der Waals surface area contributed by atoms with Gasteiger partial charge in [-0.25, -0.2) is 15.0 Å². The number of hydrogen-bond acceptors (Lipinski definition) is 6. The number of halogens is 4. The van der Waals surface area contributed by atoms with Crippen LogP contribution in [-0.4, -0.2) is 42.8 Å². The Balaban J connectivity index is 1.44. The molecule has 8 nitrogen and oxygen atoms in total. The summed E-state index contributed by atoms with van der Waals surface area (Å²) in [6, 6.07) is 4.92. The number of piperidine rings is 1. The van der Waals surface area contributed by atoms with Gasteiger partial charge in [0.1, 0.15) is 29.5 Å². The Morgan fingerprint density at radius 2 is 2.06 bits per heavy atom. The summed E-state index contributed by atoms with van der Waals surface area (Å²) in [7, 11) is 0. The van der Waals surface area contributed by atoms with E-state index in [2.05, 4.69) is 15.0 Å². The highest BCUT2D eigenvalue weighted by atomic mass is 35.5. The van der Waals surface area contributed by atoms with Gasteiger partial charge in [0.05, 0.1) is 33.4 Å². The van der Waals surface area contributed by atoms with Crippen LogP contribution in [0.2, 0.25) is 5.02 Å². The molecule has 1 aromatic carbocycles. The van der Waals surface area contributed by atoms with Crippen molar-refractivity contribution in [2.45, 2.75) is 38.1 Å². The number of pyridine rings is 1. The summed E-state index contributed by atoms with van der Waals surface area (Å²) in [5, 5.41) is 0.192. The molecule has 1 fully saturated rings. The van der Waals surface area contributed by atoms with Gasteiger partial charge in [-0.05, 0) is 44.0 Å². The molecule has 2 N–H and O–H groups in total. The van der Waals surface area contributed by atoms with Gasteiger partial charge in [0.25, 0.3) is 5.91 Å². The standard InChI is InChI=1S/C23H18ClF3N6O2/c1-10-18-20(28)30-14-8-13(24)12(7-15(14)33(18)9-29-10)22(34)32-6-2-3-16-19(32)11-4-5-17(23(25,26)27)31-21(11)35-16/h4-5,7-9,16,19H,2-3,6H2,1H3,(H2,28,30). The van der Waals surface area contributed by atoms with Crippen molar-refractivity contribution in [1.29, 1.82) is 0 Å². The fourth-order valence-corrected chi connectivity index (χ4v) is 5.25. The van der Waals surface area contributed by atoms with Crippen LogP contribution in [0.3, 0.4) is 0 Å². The maximum atomic E-state index is 13.8. The normalized spacial score (nSPS) is 19.6. The van der Waals surface area contributed by atoms with Crippen LogP contribution in [0.25, 0.3) is 16.6 Å². The third-order valence-corrected chi connectivity index (χ3v) is 6.90. The Morgan fingerprint density at radius 1 is 1.26 bits per heavy atom. The highest BCUT2D eigenvalue weighted by molar-refractivity contribution is 6.34. The number of imidazole rings is 1. The van der Waals surface area contributed by atoms with Crippen molar-refractivity contribution < 1.29 is 22.7 Å². The molecule has 3 aromatic heterocycles. The molecule has 2 aliphatic rings. The summed E-state index contributed by atoms with van der Waals surface area (Å²) in [5.41, 5.74) is 8.21. The van der Waals surface area contributed by atoms with Crippen molar-refractivity contribution in [2.75, 3.05) is 12.3 Å². The smallest absolute Gasteiger partial charge is 0.433 e. The molecule has 12 heteroatoms. The van der Waals surface area contributed by atoms with Crippen molar-refractivity contribution in [1.82, 2.24) is 24.3 Å². The second kappa shape index (κ2) is 7.45. The molecule has 5 heterocycles. The van der Waals surface area contributed by atoms with Crippen LogP contribution in [0.1, 0.15) is 46.2 Å². The molecule has 0 spiro atoms. The SMILES string of the molecule is Cc1ncn2c1c(N)nc1cc(Cl)c(C(=O)N3CCCC4Oc5nc(C(F)(F)F)ccc5C43)cc12. The Hall–Kier alpha value is -3.60. The van der Waals surface area contributed by atoms with Crippen molar-refractivity contribution >= 4 is 39.9 Å². The molecule has 1 amide bonds. The molecule has 2 aliphatic heterocycles. The number of fused-ring (bicyclic) bond motifs is 6. The van der Waals surface area contributed by atoms with Gasteiger partial charge < -0.3 is 15.4 Å². The summed E-state index contributed by atoms with van der Waals surface area (Å²) in [4.78, 5) is 27.8. The van der Waals surface area contributed by atoms with Crippen molar-refractivity contribution in [3.63, 3.8) is 0 Å². The van der Waals surface area contributed by atoms with Crippen LogP contribution in [0.4, 0.5) is 19.0 Å². The average Bonchev–Trinajstić information content (AvgIpc) is 3.38. The number of benzene rings is 1. The Bertz CT molecular complexity index is 1540. The first kappa shape index (κ1) is 21.9. The first-order valence-corrected chi connectivity index (χ1v) is 11.3. The van der Waals surface area contributed by atoms with Crippen molar-refractivity contribution in [3.05, 3.63) is 58.1 Å². The molecular formula is C23H18ClF3N6O2. The lowest BCUT2D eigenvalue weighted by Crippen LogP contribution is -2.44. The van der Waals surface area contributed by atoms with E-state index in [1.165, 1.54) is 6.07 Å². The summed E-state index contributed by atoms with van der Waals surface area (Å²) < 4.78 is 47.0. The lowest BCUT2D eigenvalue weighted by molar-refractivity contribution is -0.141. The van der Waals surface area contributed by atoms with Crippen LogP contribution < -0.4 is 10.5 Å². The van der Waals surface area contributed by atoms with Gasteiger partial charge in [-0.3, -0.25) is 9.20 Å². The summed E-state index contributed by atoms with van der Waals surface area (Å²) in [6.07, 6.45) is -2.25. The fraction of sp³-hybridized carbons (Fsp3) is 0.304. The number of hydrogen-bond donors (Lipinski definition) is 1. The molecule has 2 unspecified atom stereocenters. The molecule has 0 radical (unpaired) electrons. The minimum Gasteiger partial charge on any atom is -0.472 e. The van der Waals surface area contributed by atoms with Crippen molar-refractivity contribution in [2.24, 2.45) is 0 Å². The zero-order valence-electron chi connectivity index (χ0n) is 18.3. The van der Waals surface area contributed by atoms with Gasteiger partial charge in [0.2, 0.25) is 5.88 Å². The minimum absolute atomic E-state index is 0.0885. The first-order valence-electron chi connectivity index (χ1n) is 10.9. The van der Waals surface area contributed by atoms with E-state index in [9.17, 15) is 18.0 Å². The average molecular weight is 503 g/mol. The summed E-state index contributed by atoms with van der Waals surface area (Å²) >= 11 is 6.52. The van der Waals surface area contributed by atoms with E-state index in [0.29, 0.717) is 53.0 Å². The minimum atomic E-state index is -4.59. The first-order chi connectivity index (χ1) is 16.6. The van der Waals surface area contributed by atoms with Gasteiger partial charge >= 0.3 is 6.18 Å². The predicted octanol–water partition coefficient (Wildman–Crippen LogP) is 4.58. The number of likely N-dealkylation sites (tertiary alicyclic amines) is 1. The summed E-state index contributed by atoms with van der Waals surface area (Å²) in [5.74, 6) is -0.147. The molecule has 0 saturated carbocycles. The van der Waals surface area contributed by atoms with E-state index in [-0.39, 0.29) is 22.4 Å². The number of rotatable bonds is 1. The second-order valence-corrected chi connectivity index (χ2v) is 9.10. The zero-order chi connectivity index (χ0) is 24.6. The molecule has 180 valence electrons. The van der Waals surface area contributed by atoms with Crippen LogP contribution in [0.15, 0.2) is 30.6 Å². The van der Waals surface area contributed by atoms with Gasteiger partial charge in [0, 0.05) is 12.1 Å². The Kier molecular flexibility index (Phi) is 4.66. The number of alkyl halides is 3. The number of amides is 1. The van der Waals surface area contributed by atoms with E-state index in [4.69, 9.17) is 22.1 Å². The number of ether oxygens (including phenoxy) is 1. The van der Waals surface area contributed by atoms with E-state index in [1.54, 1.807) is 27.8 Å². The highest BCUT2D eigenvalue weighted by Crippen LogP contribution is 2.45. The molecule has 4 aromatic rings. The zero-order valence-corrected chi connectivity index (χ0v) is 19.1. The number of carbonyl (C=O) groups is 1. The topological polar surface area (TPSA) is 98.6 Å². The van der Waals surface area contributed by atoms with Gasteiger partial charge in [0.15, 0.2) is 0 Å². The van der Waals surface area contributed by atoms with Gasteiger partial charge in [-0.2, -0.15) is 13.2 Å². The molecule has 35 heavy (non-hydrogen) atoms. The monoisotopic (exact) mass is 502 g/mol. The maximum Gasteiger partial charge on any atom is 0.433 e. The van der Waals surface area contributed by atoms with Gasteiger partial charge in [-0.1, -0.05) is 11.6 Å². The Morgan fingerprint density at radius 3 is 2.83 bits per heavy atom. The molecular weight excluding hydrogens is 485 g/mol. The largest absolute Gasteiger partial charge is 0.472 e. The number of nitrogens with two attached hydrogens (primary N) is 1. The van der Waals surface area contributed by atoms with Crippen molar-refractivity contribution in [3.8, 4) is 5.88 Å². The number of nitrogens with zero attached hydrogens (tertiary/aromatic N) is 5. The van der Waals surface area contributed by atoms with Crippen LogP contribution in [0.5, 0.6) is 5.88 Å². The van der Waals surface area contributed by atoms with Crippen LogP contribution in [-0.2, 0) is 6.18 Å². The molecule has 1 saturated heterocycles. The van der Waals surface area contributed by atoms with Gasteiger partial charge in [-0.15, -0.1) is 0 Å². The molecule has 2 atom stereocenters. The second-order valence-electron chi connectivity index (χ2n) is 8.70. The fourth-order valence-electron chi connectivity index (χ4n) is 5.02. The third kappa shape index (κ3) is 3.28. The highest BCUT2D eigenvalue weighted by Gasteiger charge is 2.45. The molecule has 0 bridgehead atoms. The quantitative estimate of drug-likeness (QED) is 0.409. The van der Waals surface area contributed by atoms with Crippen LogP contribution >= 0.6 is 11.6 Å². The predicted molar refractivity (Wildman–Crippen MR) is 121 cm³/mol. The third-order valence-electron chi connectivity index (χ3n) is 6.59. The number of carbonyl (C=O) groups excluding carboxylic acids is 1. The number of nitrogen functional groups attached to an aromatic ring is 1. The van der Waals surface area contributed by atoms with E-state index in [1.807, 2.05) is 6.92 Å². The Labute approximate surface area is 201 Å². The van der Waals surface area contributed by atoms with E-state index >= 15 is 0 Å². The molecule has 0 aliphatic carbocycles. The maximum absolute atomic E-state index is 13.8. The number of aromatic nitrogens is 4.